The van der Waals surface area contributed by atoms with Gasteiger partial charge in [-0.25, -0.2) is 4.79 Å². The Bertz CT molecular complexity index is 577. The second-order valence-electron chi connectivity index (χ2n) is 4.86. The van der Waals surface area contributed by atoms with E-state index in [1.54, 1.807) is 35.5 Å². The van der Waals surface area contributed by atoms with Crippen LogP contribution in [0, 0.1) is 0 Å². The zero-order valence-corrected chi connectivity index (χ0v) is 11.7. The second kappa shape index (κ2) is 5.17. The van der Waals surface area contributed by atoms with E-state index in [0.29, 0.717) is 10.6 Å². The lowest BCUT2D eigenvalue weighted by Crippen LogP contribution is -2.05. The molecule has 1 aliphatic rings. The van der Waals surface area contributed by atoms with Gasteiger partial charge in [0, 0.05) is 11.9 Å². The SMILES string of the molecule is Cn1cc(OC(=O)c2cc3c(s2)CCCCC3)cn1. The Hall–Kier alpha value is -1.62. The number of nitrogens with zero attached hydrogens (tertiary/aromatic N) is 2. The Morgan fingerprint density at radius 3 is 3.00 bits per heavy atom. The fraction of sp³-hybridized carbons (Fsp3) is 0.429. The lowest BCUT2D eigenvalue weighted by Gasteiger charge is -1.98. The maximum absolute atomic E-state index is 12.1. The van der Waals surface area contributed by atoms with Gasteiger partial charge in [0.1, 0.15) is 4.88 Å². The third kappa shape index (κ3) is 2.71. The Labute approximate surface area is 116 Å². The minimum Gasteiger partial charge on any atom is -0.419 e. The Morgan fingerprint density at radius 1 is 1.37 bits per heavy atom. The van der Waals surface area contributed by atoms with Crippen molar-refractivity contribution >= 4 is 17.3 Å². The Kier molecular flexibility index (Phi) is 3.38. The summed E-state index contributed by atoms with van der Waals surface area (Å²) in [5.74, 6) is 0.224. The van der Waals surface area contributed by atoms with E-state index in [1.807, 2.05) is 6.07 Å². The van der Waals surface area contributed by atoms with Gasteiger partial charge in [-0.1, -0.05) is 6.42 Å². The third-order valence-electron chi connectivity index (χ3n) is 3.34. The average Bonchev–Trinajstić information content (AvgIpc) is 2.91. The second-order valence-corrected chi connectivity index (χ2v) is 6.00. The monoisotopic (exact) mass is 276 g/mol. The molecule has 2 aromatic heterocycles. The summed E-state index contributed by atoms with van der Waals surface area (Å²) in [5, 5.41) is 3.98. The van der Waals surface area contributed by atoms with Gasteiger partial charge in [-0.15, -0.1) is 11.3 Å². The molecule has 5 heteroatoms. The van der Waals surface area contributed by atoms with Crippen LogP contribution in [0.4, 0.5) is 0 Å². The minimum atomic E-state index is -0.272. The van der Waals surface area contributed by atoms with Gasteiger partial charge >= 0.3 is 5.97 Å². The van der Waals surface area contributed by atoms with E-state index in [2.05, 4.69) is 5.10 Å². The zero-order chi connectivity index (χ0) is 13.2. The predicted octanol–water partition coefficient (Wildman–Crippen LogP) is 2.97. The minimum absolute atomic E-state index is 0.272. The molecule has 0 amide bonds. The van der Waals surface area contributed by atoms with Crippen molar-refractivity contribution in [3.63, 3.8) is 0 Å². The number of rotatable bonds is 2. The summed E-state index contributed by atoms with van der Waals surface area (Å²) in [5.41, 5.74) is 1.33. The molecule has 0 unspecified atom stereocenters. The maximum atomic E-state index is 12.1. The van der Waals surface area contributed by atoms with Gasteiger partial charge in [-0.05, 0) is 37.3 Å². The van der Waals surface area contributed by atoms with E-state index >= 15 is 0 Å². The van der Waals surface area contributed by atoms with Crippen molar-refractivity contribution < 1.29 is 9.53 Å². The molecule has 4 nitrogen and oxygen atoms in total. The van der Waals surface area contributed by atoms with Crippen LogP contribution in [0.1, 0.15) is 39.4 Å². The summed E-state index contributed by atoms with van der Waals surface area (Å²) in [4.78, 5) is 14.1. The third-order valence-corrected chi connectivity index (χ3v) is 4.56. The summed E-state index contributed by atoms with van der Waals surface area (Å²) in [6, 6.07) is 2.00. The van der Waals surface area contributed by atoms with Gasteiger partial charge in [-0.3, -0.25) is 4.68 Å². The van der Waals surface area contributed by atoms with Crippen LogP contribution in [-0.4, -0.2) is 15.7 Å². The van der Waals surface area contributed by atoms with Crippen molar-refractivity contribution in [3.05, 3.63) is 33.8 Å². The van der Waals surface area contributed by atoms with E-state index in [-0.39, 0.29) is 5.97 Å². The first-order valence-electron chi connectivity index (χ1n) is 6.55. The Balaban J connectivity index is 1.76. The fourth-order valence-electron chi connectivity index (χ4n) is 2.38. The summed E-state index contributed by atoms with van der Waals surface area (Å²) < 4.78 is 6.94. The number of esters is 1. The molecule has 19 heavy (non-hydrogen) atoms. The smallest absolute Gasteiger partial charge is 0.353 e. The molecule has 0 N–H and O–H groups in total. The number of ether oxygens (including phenoxy) is 1. The standard InChI is InChI=1S/C14H16N2O2S/c1-16-9-11(8-15-16)18-14(17)13-7-10-5-3-2-4-6-12(10)19-13/h7-9H,2-6H2,1H3. The van der Waals surface area contributed by atoms with Crippen LogP contribution in [0.5, 0.6) is 5.75 Å². The number of hydrogen-bond acceptors (Lipinski definition) is 4. The molecule has 0 radical (unpaired) electrons. The molecule has 100 valence electrons. The van der Waals surface area contributed by atoms with E-state index in [9.17, 15) is 4.79 Å². The van der Waals surface area contributed by atoms with Gasteiger partial charge in [0.15, 0.2) is 5.75 Å². The van der Waals surface area contributed by atoms with Gasteiger partial charge in [0.05, 0.1) is 12.4 Å². The van der Waals surface area contributed by atoms with E-state index in [0.717, 1.165) is 12.8 Å². The molecule has 0 fully saturated rings. The summed E-state index contributed by atoms with van der Waals surface area (Å²) in [7, 11) is 1.80. The fourth-order valence-corrected chi connectivity index (χ4v) is 3.51. The highest BCUT2D eigenvalue weighted by atomic mass is 32.1. The summed E-state index contributed by atoms with van der Waals surface area (Å²) >= 11 is 1.58. The van der Waals surface area contributed by atoms with Crippen LogP contribution < -0.4 is 4.74 Å². The highest BCUT2D eigenvalue weighted by Gasteiger charge is 2.18. The average molecular weight is 276 g/mol. The predicted molar refractivity (Wildman–Crippen MR) is 73.7 cm³/mol. The normalized spacial score (nSPS) is 14.8. The highest BCUT2D eigenvalue weighted by molar-refractivity contribution is 7.14. The molecule has 0 bridgehead atoms. The van der Waals surface area contributed by atoms with Crippen molar-refractivity contribution in [1.82, 2.24) is 9.78 Å². The molecule has 0 saturated carbocycles. The lowest BCUT2D eigenvalue weighted by molar-refractivity contribution is 0.0739. The molecular weight excluding hydrogens is 260 g/mol. The van der Waals surface area contributed by atoms with Crippen LogP contribution in [0.15, 0.2) is 18.5 Å². The van der Waals surface area contributed by atoms with Gasteiger partial charge in [-0.2, -0.15) is 5.10 Å². The maximum Gasteiger partial charge on any atom is 0.353 e. The molecular formula is C14H16N2O2S. The number of aromatic nitrogens is 2. The molecule has 0 aromatic carbocycles. The van der Waals surface area contributed by atoms with E-state index < -0.39 is 0 Å². The van der Waals surface area contributed by atoms with Crippen molar-refractivity contribution in [3.8, 4) is 5.75 Å². The molecule has 3 rings (SSSR count). The van der Waals surface area contributed by atoms with Crippen molar-refractivity contribution in [2.45, 2.75) is 32.1 Å². The van der Waals surface area contributed by atoms with E-state index in [4.69, 9.17) is 4.74 Å². The number of fused-ring (bicyclic) bond motifs is 1. The first-order chi connectivity index (χ1) is 9.22. The van der Waals surface area contributed by atoms with Crippen LogP contribution in [0.25, 0.3) is 0 Å². The van der Waals surface area contributed by atoms with E-state index in [1.165, 1.54) is 29.7 Å². The number of hydrogen-bond donors (Lipinski definition) is 0. The lowest BCUT2D eigenvalue weighted by atomic mass is 10.1. The van der Waals surface area contributed by atoms with Crippen molar-refractivity contribution in [1.29, 1.82) is 0 Å². The zero-order valence-electron chi connectivity index (χ0n) is 10.9. The first-order valence-corrected chi connectivity index (χ1v) is 7.36. The molecule has 0 saturated heterocycles. The van der Waals surface area contributed by atoms with Gasteiger partial charge < -0.3 is 4.74 Å². The molecule has 0 spiro atoms. The summed E-state index contributed by atoms with van der Waals surface area (Å²) in [6.07, 6.45) is 9.17. The Morgan fingerprint density at radius 2 is 2.21 bits per heavy atom. The summed E-state index contributed by atoms with van der Waals surface area (Å²) in [6.45, 7) is 0. The number of aryl methyl sites for hydroxylation is 3. The first kappa shape index (κ1) is 12.4. The molecule has 2 aromatic rings. The van der Waals surface area contributed by atoms with Crippen LogP contribution in [0.2, 0.25) is 0 Å². The molecule has 1 aliphatic carbocycles. The molecule has 0 atom stereocenters. The molecule has 0 aliphatic heterocycles. The van der Waals surface area contributed by atoms with Crippen molar-refractivity contribution in [2.24, 2.45) is 7.05 Å². The highest BCUT2D eigenvalue weighted by Crippen LogP contribution is 2.29. The van der Waals surface area contributed by atoms with Crippen molar-refractivity contribution in [2.75, 3.05) is 0 Å². The van der Waals surface area contributed by atoms with Crippen LogP contribution in [0.3, 0.4) is 0 Å². The quantitative estimate of drug-likeness (QED) is 0.625. The largest absolute Gasteiger partial charge is 0.419 e. The number of carbonyl (C=O) groups excluding carboxylic acids is 1. The van der Waals surface area contributed by atoms with Gasteiger partial charge in [0.2, 0.25) is 0 Å². The number of carbonyl (C=O) groups is 1. The van der Waals surface area contributed by atoms with Crippen LogP contribution >= 0.6 is 11.3 Å². The number of thiophene rings is 1. The molecule has 2 heterocycles. The topological polar surface area (TPSA) is 44.1 Å². The van der Waals surface area contributed by atoms with Crippen LogP contribution in [-0.2, 0) is 19.9 Å². The van der Waals surface area contributed by atoms with Gasteiger partial charge in [0.25, 0.3) is 0 Å².